The van der Waals surface area contributed by atoms with Gasteiger partial charge >= 0.3 is 5.97 Å². The molecule has 0 aliphatic rings. The molecule has 0 saturated carbocycles. The molecule has 0 bridgehead atoms. The monoisotopic (exact) mass is 646 g/mol. The number of carbonyl (C=O) groups excluding carboxylic acids is 2. The van der Waals surface area contributed by atoms with Crippen LogP contribution in [0, 0.1) is 17.0 Å². The molecule has 0 saturated heterocycles. The Balaban J connectivity index is 1.79. The van der Waals surface area contributed by atoms with Crippen molar-refractivity contribution in [2.24, 2.45) is 5.10 Å². The molecule has 0 aromatic heterocycles. The number of amides is 1. The van der Waals surface area contributed by atoms with Gasteiger partial charge in [0.2, 0.25) is 0 Å². The van der Waals surface area contributed by atoms with Gasteiger partial charge in [0.1, 0.15) is 23.6 Å². The van der Waals surface area contributed by atoms with E-state index in [2.05, 4.69) is 10.5 Å². The van der Waals surface area contributed by atoms with Gasteiger partial charge in [-0.25, -0.2) is 18.6 Å². The molecule has 3 rings (SSSR count). The van der Waals surface area contributed by atoms with Gasteiger partial charge in [-0.1, -0.05) is 17.7 Å². The van der Waals surface area contributed by atoms with E-state index in [-0.39, 0.29) is 28.6 Å². The van der Waals surface area contributed by atoms with Crippen LogP contribution in [0.3, 0.4) is 0 Å². The summed E-state index contributed by atoms with van der Waals surface area (Å²) in [7, 11) is -3.23. The third-order valence-corrected chi connectivity index (χ3v) is 7.71. The summed E-state index contributed by atoms with van der Waals surface area (Å²) >= 11 is 6.14. The number of hydrazone groups is 1. The Kier molecular flexibility index (Phi) is 10.9. The molecule has 15 heteroatoms. The zero-order valence-electron chi connectivity index (χ0n) is 24.6. The van der Waals surface area contributed by atoms with Gasteiger partial charge < -0.3 is 14.2 Å². The molecular formula is C29H31ClN4O9S. The Morgan fingerprint density at radius 2 is 1.77 bits per heavy atom. The van der Waals surface area contributed by atoms with Gasteiger partial charge in [-0.05, 0) is 81.8 Å². The molecule has 13 nitrogen and oxygen atoms in total. The molecule has 0 unspecified atom stereocenters. The SMILES string of the molecule is COc1ccc(Cl)cc1N(CC(=O)N/N=C\c1ccc(OCC(=O)OC(C)(C)C)cc1)S(=O)(=O)c1ccc(C)c([N+](=O)[O-])c1. The number of halogens is 1. The van der Waals surface area contributed by atoms with E-state index < -0.39 is 49.6 Å². The van der Waals surface area contributed by atoms with E-state index in [1.54, 1.807) is 45.0 Å². The standard InChI is InChI=1S/C29H31ClN4O9S/c1-19-6-12-23(15-24(19)34(37)38)44(39,40)33(25-14-21(30)9-13-26(25)41-5)17-27(35)32-31-16-20-7-10-22(11-8-20)42-18-28(36)43-29(2,3)4/h6-16H,17-18H2,1-5H3,(H,32,35)/b31-16-. The normalized spacial score (nSPS) is 11.6. The van der Waals surface area contributed by atoms with Crippen LogP contribution in [0.4, 0.5) is 11.4 Å². The molecule has 0 aliphatic heterocycles. The second-order valence-corrected chi connectivity index (χ2v) is 12.6. The fraction of sp³-hybridized carbons (Fsp3) is 0.276. The van der Waals surface area contributed by atoms with Gasteiger partial charge in [-0.3, -0.25) is 19.2 Å². The molecule has 0 fully saturated rings. The van der Waals surface area contributed by atoms with Crippen LogP contribution in [-0.2, 0) is 24.3 Å². The van der Waals surface area contributed by atoms with E-state index in [1.807, 2.05) is 0 Å². The molecule has 0 radical (unpaired) electrons. The molecule has 234 valence electrons. The second kappa shape index (κ2) is 14.2. The van der Waals surface area contributed by atoms with Gasteiger partial charge in [-0.2, -0.15) is 5.10 Å². The number of nitro groups is 1. The molecule has 1 N–H and O–H groups in total. The van der Waals surface area contributed by atoms with E-state index >= 15 is 0 Å². The van der Waals surface area contributed by atoms with E-state index in [1.165, 1.54) is 50.6 Å². The summed E-state index contributed by atoms with van der Waals surface area (Å²) in [5.74, 6) is -0.849. The molecule has 3 aromatic carbocycles. The minimum Gasteiger partial charge on any atom is -0.495 e. The maximum absolute atomic E-state index is 13.8. The number of ether oxygens (including phenoxy) is 3. The fourth-order valence-corrected chi connectivity index (χ4v) is 5.35. The zero-order valence-corrected chi connectivity index (χ0v) is 26.1. The highest BCUT2D eigenvalue weighted by molar-refractivity contribution is 7.92. The summed E-state index contributed by atoms with van der Waals surface area (Å²) in [6.45, 7) is 5.69. The summed E-state index contributed by atoms with van der Waals surface area (Å²) in [6.07, 6.45) is 1.32. The van der Waals surface area contributed by atoms with Gasteiger partial charge in [0.25, 0.3) is 21.6 Å². The predicted molar refractivity (Wildman–Crippen MR) is 164 cm³/mol. The number of nitrogens with zero attached hydrogens (tertiary/aromatic N) is 3. The number of nitro benzene ring substituents is 1. The van der Waals surface area contributed by atoms with Crippen LogP contribution in [0.1, 0.15) is 31.9 Å². The highest BCUT2D eigenvalue weighted by atomic mass is 35.5. The minimum absolute atomic E-state index is 0.0654. The molecule has 44 heavy (non-hydrogen) atoms. The third-order valence-electron chi connectivity index (χ3n) is 5.72. The lowest BCUT2D eigenvalue weighted by Gasteiger charge is -2.25. The van der Waals surface area contributed by atoms with Crippen molar-refractivity contribution in [3.63, 3.8) is 0 Å². The number of esters is 1. The van der Waals surface area contributed by atoms with Crippen molar-refractivity contribution in [1.29, 1.82) is 0 Å². The highest BCUT2D eigenvalue weighted by Crippen LogP contribution is 2.35. The van der Waals surface area contributed by atoms with Crippen LogP contribution in [0.15, 0.2) is 70.7 Å². The van der Waals surface area contributed by atoms with E-state index in [0.29, 0.717) is 11.3 Å². The number of methoxy groups -OCH3 is 1. The van der Waals surface area contributed by atoms with Crippen molar-refractivity contribution >= 4 is 51.1 Å². The largest absolute Gasteiger partial charge is 0.495 e. The molecular weight excluding hydrogens is 616 g/mol. The Morgan fingerprint density at radius 3 is 2.39 bits per heavy atom. The quantitative estimate of drug-likeness (QED) is 0.128. The lowest BCUT2D eigenvalue weighted by Crippen LogP contribution is -2.39. The number of hydrogen-bond acceptors (Lipinski definition) is 10. The van der Waals surface area contributed by atoms with Crippen molar-refractivity contribution in [2.75, 3.05) is 24.6 Å². The first-order valence-corrected chi connectivity index (χ1v) is 14.8. The first-order valence-electron chi connectivity index (χ1n) is 13.0. The summed E-state index contributed by atoms with van der Waals surface area (Å²) in [6, 6.07) is 14.1. The van der Waals surface area contributed by atoms with Gasteiger partial charge in [-0.15, -0.1) is 0 Å². The highest BCUT2D eigenvalue weighted by Gasteiger charge is 2.31. The van der Waals surface area contributed by atoms with Crippen LogP contribution >= 0.6 is 11.6 Å². The van der Waals surface area contributed by atoms with Gasteiger partial charge in [0.05, 0.1) is 28.8 Å². The lowest BCUT2D eigenvalue weighted by atomic mass is 10.2. The number of hydrogen-bond donors (Lipinski definition) is 1. The van der Waals surface area contributed by atoms with Gasteiger partial charge in [0, 0.05) is 16.7 Å². The Labute approximate surface area is 259 Å². The summed E-state index contributed by atoms with van der Waals surface area (Å²) < 4.78 is 44.2. The van der Waals surface area contributed by atoms with Gasteiger partial charge in [0.15, 0.2) is 6.61 Å². The van der Waals surface area contributed by atoms with Crippen LogP contribution in [0.2, 0.25) is 5.02 Å². The predicted octanol–water partition coefficient (Wildman–Crippen LogP) is 4.63. The smallest absolute Gasteiger partial charge is 0.344 e. The number of benzene rings is 3. The van der Waals surface area contributed by atoms with Crippen molar-refractivity contribution in [1.82, 2.24) is 5.43 Å². The Morgan fingerprint density at radius 1 is 1.09 bits per heavy atom. The summed E-state index contributed by atoms with van der Waals surface area (Å²) in [4.78, 5) is 35.1. The molecule has 1 amide bonds. The third kappa shape index (κ3) is 9.15. The number of nitrogens with one attached hydrogen (secondary N) is 1. The number of sulfonamides is 1. The molecule has 0 atom stereocenters. The molecule has 0 spiro atoms. The van der Waals surface area contributed by atoms with E-state index in [0.717, 1.165) is 10.4 Å². The van der Waals surface area contributed by atoms with Crippen molar-refractivity contribution in [3.05, 3.63) is 86.9 Å². The molecule has 3 aromatic rings. The Hall–Kier alpha value is -4.69. The number of carbonyl (C=O) groups is 2. The first kappa shape index (κ1) is 33.8. The lowest BCUT2D eigenvalue weighted by molar-refractivity contribution is -0.385. The fourth-order valence-electron chi connectivity index (χ4n) is 3.74. The zero-order chi connectivity index (χ0) is 32.7. The maximum atomic E-state index is 13.8. The minimum atomic E-state index is -4.54. The van der Waals surface area contributed by atoms with E-state index in [4.69, 9.17) is 25.8 Å². The molecule has 0 aliphatic carbocycles. The molecule has 0 heterocycles. The van der Waals surface area contributed by atoms with Crippen LogP contribution < -0.4 is 19.2 Å². The number of rotatable bonds is 12. The summed E-state index contributed by atoms with van der Waals surface area (Å²) in [5, 5.41) is 15.5. The van der Waals surface area contributed by atoms with Crippen molar-refractivity contribution < 1.29 is 37.1 Å². The van der Waals surface area contributed by atoms with Crippen LogP contribution in [-0.4, -0.2) is 57.3 Å². The first-order chi connectivity index (χ1) is 20.6. The second-order valence-electron chi connectivity index (χ2n) is 10.3. The number of anilines is 1. The average Bonchev–Trinajstić information content (AvgIpc) is 2.94. The van der Waals surface area contributed by atoms with Crippen molar-refractivity contribution in [2.45, 2.75) is 38.2 Å². The maximum Gasteiger partial charge on any atom is 0.344 e. The van der Waals surface area contributed by atoms with Crippen LogP contribution in [0.5, 0.6) is 11.5 Å². The average molecular weight is 647 g/mol. The number of aryl methyl sites for hydroxylation is 1. The Bertz CT molecular complexity index is 1670. The topological polar surface area (TPSA) is 167 Å². The van der Waals surface area contributed by atoms with Crippen LogP contribution in [0.25, 0.3) is 0 Å². The van der Waals surface area contributed by atoms with E-state index in [9.17, 15) is 28.1 Å². The summed E-state index contributed by atoms with van der Waals surface area (Å²) in [5.41, 5.74) is 1.99. The van der Waals surface area contributed by atoms with Crippen molar-refractivity contribution in [3.8, 4) is 11.5 Å².